The quantitative estimate of drug-likeness (QED) is 0.899. The molecular weight excluding hydrogens is 288 g/mol. The molecule has 4 nitrogen and oxygen atoms in total. The summed E-state index contributed by atoms with van der Waals surface area (Å²) in [7, 11) is 0. The molecule has 1 atom stereocenters. The Hall–Kier alpha value is -1.26. The highest BCUT2D eigenvalue weighted by Gasteiger charge is 2.20. The van der Waals surface area contributed by atoms with Gasteiger partial charge >= 0.3 is 0 Å². The molecule has 1 aromatic rings. The normalized spacial score (nSPS) is 18.5. The number of benzene rings is 1. The Balaban J connectivity index is 0.00000220. The number of carbonyl (C=O) groups excluding carboxylic acids is 1. The number of carbonyl (C=O) groups is 1. The van der Waals surface area contributed by atoms with Crippen molar-refractivity contribution in [1.82, 2.24) is 5.32 Å². The molecule has 118 valence electrons. The summed E-state index contributed by atoms with van der Waals surface area (Å²) in [6.45, 7) is 6.96. The van der Waals surface area contributed by atoms with Gasteiger partial charge in [0.1, 0.15) is 11.4 Å². The molecule has 1 amide bonds. The molecule has 0 radical (unpaired) electrons. The molecule has 0 spiro atoms. The lowest BCUT2D eigenvalue weighted by molar-refractivity contribution is -0.118. The van der Waals surface area contributed by atoms with Gasteiger partial charge < -0.3 is 15.4 Å². The average molecular weight is 313 g/mol. The third kappa shape index (κ3) is 5.94. The van der Waals surface area contributed by atoms with Gasteiger partial charge in [0, 0.05) is 5.69 Å². The Morgan fingerprint density at radius 1 is 1.24 bits per heavy atom. The topological polar surface area (TPSA) is 50.4 Å². The minimum Gasteiger partial charge on any atom is -0.488 e. The summed E-state index contributed by atoms with van der Waals surface area (Å²) < 4.78 is 5.75. The van der Waals surface area contributed by atoms with Crippen LogP contribution in [0.15, 0.2) is 24.3 Å². The molecule has 5 heteroatoms. The van der Waals surface area contributed by atoms with Crippen molar-refractivity contribution in [3.8, 4) is 5.75 Å². The lowest BCUT2D eigenvalue weighted by atomic mass is 10.0. The lowest BCUT2D eigenvalue weighted by Crippen LogP contribution is -2.43. The van der Waals surface area contributed by atoms with Crippen LogP contribution in [0.1, 0.15) is 40.0 Å². The molecule has 0 aliphatic carbocycles. The fourth-order valence-electron chi connectivity index (χ4n) is 2.26. The number of anilines is 1. The molecule has 1 saturated heterocycles. The van der Waals surface area contributed by atoms with E-state index in [0.29, 0.717) is 0 Å². The summed E-state index contributed by atoms with van der Waals surface area (Å²) >= 11 is 0. The van der Waals surface area contributed by atoms with Gasteiger partial charge in [-0.05, 0) is 64.4 Å². The average Bonchev–Trinajstić information content (AvgIpc) is 2.40. The molecule has 0 saturated carbocycles. The number of piperidine rings is 1. The van der Waals surface area contributed by atoms with E-state index in [4.69, 9.17) is 4.74 Å². The van der Waals surface area contributed by atoms with Gasteiger partial charge in [0.2, 0.25) is 5.91 Å². The van der Waals surface area contributed by atoms with Crippen LogP contribution >= 0.6 is 12.4 Å². The molecule has 0 aromatic heterocycles. The zero-order valence-electron chi connectivity index (χ0n) is 12.9. The fraction of sp³-hybridized carbons (Fsp3) is 0.562. The van der Waals surface area contributed by atoms with Gasteiger partial charge in [-0.2, -0.15) is 0 Å². The van der Waals surface area contributed by atoms with Crippen molar-refractivity contribution in [2.24, 2.45) is 0 Å². The second-order valence-corrected chi connectivity index (χ2v) is 6.23. The van der Waals surface area contributed by atoms with E-state index in [0.717, 1.165) is 37.2 Å². The molecule has 2 N–H and O–H groups in total. The Bertz CT molecular complexity index is 448. The zero-order chi connectivity index (χ0) is 14.6. The first-order valence-corrected chi connectivity index (χ1v) is 7.27. The van der Waals surface area contributed by atoms with Crippen LogP contribution in [0.25, 0.3) is 0 Å². The number of halogens is 1. The second kappa shape index (κ2) is 7.66. The minimum absolute atomic E-state index is 0. The fourth-order valence-corrected chi connectivity index (χ4v) is 2.26. The molecule has 0 bridgehead atoms. The first-order valence-electron chi connectivity index (χ1n) is 7.27. The number of hydrogen-bond donors (Lipinski definition) is 2. The maximum atomic E-state index is 12.1. The van der Waals surface area contributed by atoms with Gasteiger partial charge in [0.25, 0.3) is 0 Å². The highest BCUT2D eigenvalue weighted by molar-refractivity contribution is 5.94. The van der Waals surface area contributed by atoms with Crippen LogP contribution in [0.5, 0.6) is 5.75 Å². The van der Waals surface area contributed by atoms with Crippen molar-refractivity contribution >= 4 is 24.0 Å². The Morgan fingerprint density at radius 2 is 1.90 bits per heavy atom. The van der Waals surface area contributed by atoms with Gasteiger partial charge in [-0.1, -0.05) is 6.42 Å². The molecule has 1 aromatic carbocycles. The summed E-state index contributed by atoms with van der Waals surface area (Å²) in [6, 6.07) is 7.46. The lowest BCUT2D eigenvalue weighted by Gasteiger charge is -2.23. The molecule has 2 rings (SSSR count). The van der Waals surface area contributed by atoms with Crippen LogP contribution in [0.4, 0.5) is 5.69 Å². The first-order chi connectivity index (χ1) is 9.44. The Kier molecular flexibility index (Phi) is 6.49. The first kappa shape index (κ1) is 17.8. The van der Waals surface area contributed by atoms with E-state index in [2.05, 4.69) is 10.6 Å². The molecule has 1 fully saturated rings. The predicted molar refractivity (Wildman–Crippen MR) is 88.3 cm³/mol. The molecule has 1 unspecified atom stereocenters. The highest BCUT2D eigenvalue weighted by atomic mass is 35.5. The van der Waals surface area contributed by atoms with Crippen molar-refractivity contribution in [3.63, 3.8) is 0 Å². The van der Waals surface area contributed by atoms with E-state index in [1.807, 2.05) is 45.0 Å². The second-order valence-electron chi connectivity index (χ2n) is 6.23. The smallest absolute Gasteiger partial charge is 0.241 e. The van der Waals surface area contributed by atoms with E-state index in [-0.39, 0.29) is 30.0 Å². The van der Waals surface area contributed by atoms with Gasteiger partial charge in [-0.25, -0.2) is 0 Å². The van der Waals surface area contributed by atoms with E-state index < -0.39 is 0 Å². The van der Waals surface area contributed by atoms with Crippen LogP contribution in [0.2, 0.25) is 0 Å². The van der Waals surface area contributed by atoms with Crippen LogP contribution in [0.3, 0.4) is 0 Å². The molecular formula is C16H25ClN2O2. The van der Waals surface area contributed by atoms with E-state index in [1.165, 1.54) is 0 Å². The maximum Gasteiger partial charge on any atom is 0.241 e. The van der Waals surface area contributed by atoms with Crippen LogP contribution in [-0.2, 0) is 4.79 Å². The molecule has 21 heavy (non-hydrogen) atoms. The SMILES string of the molecule is CC(C)(C)Oc1ccc(NC(=O)C2CCCCN2)cc1.Cl. The van der Waals surface area contributed by atoms with Crippen LogP contribution in [-0.4, -0.2) is 24.1 Å². The summed E-state index contributed by atoms with van der Waals surface area (Å²) in [5.41, 5.74) is 0.597. The van der Waals surface area contributed by atoms with Crippen LogP contribution < -0.4 is 15.4 Å². The van der Waals surface area contributed by atoms with Crippen molar-refractivity contribution in [2.75, 3.05) is 11.9 Å². The van der Waals surface area contributed by atoms with Crippen molar-refractivity contribution < 1.29 is 9.53 Å². The van der Waals surface area contributed by atoms with E-state index in [9.17, 15) is 4.79 Å². The van der Waals surface area contributed by atoms with Crippen molar-refractivity contribution in [3.05, 3.63) is 24.3 Å². The Labute approximate surface area is 133 Å². The summed E-state index contributed by atoms with van der Waals surface area (Å²) in [5.74, 6) is 0.862. The third-order valence-corrected chi connectivity index (χ3v) is 3.17. The van der Waals surface area contributed by atoms with Gasteiger partial charge in [0.05, 0.1) is 6.04 Å². The standard InChI is InChI=1S/C16H24N2O2.ClH/c1-16(2,3)20-13-9-7-12(8-10-13)18-15(19)14-6-4-5-11-17-14;/h7-10,14,17H,4-6,11H2,1-3H3,(H,18,19);1H. The van der Waals surface area contributed by atoms with Crippen molar-refractivity contribution in [2.45, 2.75) is 51.7 Å². The van der Waals surface area contributed by atoms with Gasteiger partial charge in [-0.3, -0.25) is 4.79 Å². The minimum atomic E-state index is -0.212. The van der Waals surface area contributed by atoms with E-state index in [1.54, 1.807) is 0 Å². The van der Waals surface area contributed by atoms with Gasteiger partial charge in [-0.15, -0.1) is 12.4 Å². The number of rotatable bonds is 3. The van der Waals surface area contributed by atoms with Gasteiger partial charge in [0.15, 0.2) is 0 Å². The number of amides is 1. The molecule has 1 heterocycles. The summed E-state index contributed by atoms with van der Waals surface area (Å²) in [5, 5.41) is 6.19. The maximum absolute atomic E-state index is 12.1. The Morgan fingerprint density at radius 3 is 2.43 bits per heavy atom. The molecule has 1 aliphatic rings. The zero-order valence-corrected chi connectivity index (χ0v) is 13.8. The predicted octanol–water partition coefficient (Wildman–Crippen LogP) is 3.37. The number of ether oxygens (including phenoxy) is 1. The van der Waals surface area contributed by atoms with E-state index >= 15 is 0 Å². The monoisotopic (exact) mass is 312 g/mol. The summed E-state index contributed by atoms with van der Waals surface area (Å²) in [4.78, 5) is 12.1. The van der Waals surface area contributed by atoms with Crippen molar-refractivity contribution in [1.29, 1.82) is 0 Å². The molecule has 1 aliphatic heterocycles. The highest BCUT2D eigenvalue weighted by Crippen LogP contribution is 2.20. The number of nitrogens with one attached hydrogen (secondary N) is 2. The van der Waals surface area contributed by atoms with Crippen LogP contribution in [0, 0.1) is 0 Å². The number of hydrogen-bond acceptors (Lipinski definition) is 3. The third-order valence-electron chi connectivity index (χ3n) is 3.17. The summed E-state index contributed by atoms with van der Waals surface area (Å²) in [6.07, 6.45) is 3.18. The largest absolute Gasteiger partial charge is 0.488 e.